The fourth-order valence-electron chi connectivity index (χ4n) is 1.71. The Morgan fingerprint density at radius 2 is 2.12 bits per heavy atom. The van der Waals surface area contributed by atoms with Gasteiger partial charge in [-0.1, -0.05) is 0 Å². The zero-order valence-corrected chi connectivity index (χ0v) is 9.53. The van der Waals surface area contributed by atoms with Gasteiger partial charge in [0.25, 0.3) is 0 Å². The standard InChI is InChI=1S/C12H14N2O3/c1-17-9-4-2-8(3-5-9)13-12(16)10-6-7-11(15)14-10/h2-5,10H,6-7H2,1H3,(H,13,16)(H,14,15)/t10-/m1/s1. The second-order valence-corrected chi connectivity index (χ2v) is 3.88. The van der Waals surface area contributed by atoms with Gasteiger partial charge in [0, 0.05) is 12.1 Å². The number of rotatable bonds is 3. The van der Waals surface area contributed by atoms with Gasteiger partial charge in [0.1, 0.15) is 11.8 Å². The lowest BCUT2D eigenvalue weighted by molar-refractivity contribution is -0.122. The maximum Gasteiger partial charge on any atom is 0.246 e. The Morgan fingerprint density at radius 3 is 2.65 bits per heavy atom. The number of carbonyl (C=O) groups excluding carboxylic acids is 2. The van der Waals surface area contributed by atoms with Crippen LogP contribution >= 0.6 is 0 Å². The van der Waals surface area contributed by atoms with Gasteiger partial charge in [0.15, 0.2) is 0 Å². The Kier molecular flexibility index (Phi) is 3.27. The molecule has 2 N–H and O–H groups in total. The molecule has 90 valence electrons. The van der Waals surface area contributed by atoms with Crippen LogP contribution in [0.5, 0.6) is 5.75 Å². The van der Waals surface area contributed by atoms with E-state index in [2.05, 4.69) is 10.6 Å². The first-order valence-electron chi connectivity index (χ1n) is 5.43. The van der Waals surface area contributed by atoms with Crippen LogP contribution in [0.25, 0.3) is 0 Å². The van der Waals surface area contributed by atoms with Crippen LogP contribution in [0.1, 0.15) is 12.8 Å². The number of hydrogen-bond acceptors (Lipinski definition) is 3. The van der Waals surface area contributed by atoms with E-state index in [0.717, 1.165) is 5.75 Å². The lowest BCUT2D eigenvalue weighted by atomic mass is 10.2. The molecule has 1 aromatic carbocycles. The molecule has 5 nitrogen and oxygen atoms in total. The van der Waals surface area contributed by atoms with Crippen LogP contribution < -0.4 is 15.4 Å². The molecule has 0 aliphatic carbocycles. The van der Waals surface area contributed by atoms with Crippen molar-refractivity contribution in [2.45, 2.75) is 18.9 Å². The summed E-state index contributed by atoms with van der Waals surface area (Å²) in [6.45, 7) is 0. The van der Waals surface area contributed by atoms with Crippen molar-refractivity contribution < 1.29 is 14.3 Å². The largest absolute Gasteiger partial charge is 0.497 e. The van der Waals surface area contributed by atoms with E-state index in [1.54, 1.807) is 31.4 Å². The normalized spacial score (nSPS) is 18.6. The van der Waals surface area contributed by atoms with E-state index in [1.165, 1.54) is 0 Å². The maximum atomic E-state index is 11.8. The van der Waals surface area contributed by atoms with Crippen LogP contribution in [-0.2, 0) is 9.59 Å². The minimum Gasteiger partial charge on any atom is -0.497 e. The van der Waals surface area contributed by atoms with Gasteiger partial charge in [0.2, 0.25) is 11.8 Å². The summed E-state index contributed by atoms with van der Waals surface area (Å²) in [5, 5.41) is 5.37. The number of anilines is 1. The lowest BCUT2D eigenvalue weighted by Crippen LogP contribution is -2.37. The smallest absolute Gasteiger partial charge is 0.246 e. The monoisotopic (exact) mass is 234 g/mol. The summed E-state index contributed by atoms with van der Waals surface area (Å²) in [5.41, 5.74) is 0.692. The summed E-state index contributed by atoms with van der Waals surface area (Å²) >= 11 is 0. The Labute approximate surface area is 99.2 Å². The molecule has 2 amide bonds. The third-order valence-electron chi connectivity index (χ3n) is 2.67. The first-order chi connectivity index (χ1) is 8.19. The number of methoxy groups -OCH3 is 1. The molecule has 1 saturated heterocycles. The maximum absolute atomic E-state index is 11.8. The van der Waals surface area contributed by atoms with Crippen molar-refractivity contribution in [1.29, 1.82) is 0 Å². The molecule has 0 spiro atoms. The predicted molar refractivity (Wildman–Crippen MR) is 62.8 cm³/mol. The van der Waals surface area contributed by atoms with Crippen LogP contribution in [-0.4, -0.2) is 25.0 Å². The zero-order chi connectivity index (χ0) is 12.3. The summed E-state index contributed by atoms with van der Waals surface area (Å²) in [5.74, 6) is 0.484. The molecule has 5 heteroatoms. The third kappa shape index (κ3) is 2.75. The first kappa shape index (κ1) is 11.4. The van der Waals surface area contributed by atoms with Crippen LogP contribution in [0, 0.1) is 0 Å². The average molecular weight is 234 g/mol. The van der Waals surface area contributed by atoms with E-state index >= 15 is 0 Å². The molecule has 0 bridgehead atoms. The molecule has 17 heavy (non-hydrogen) atoms. The molecule has 0 unspecified atom stereocenters. The number of nitrogens with one attached hydrogen (secondary N) is 2. The highest BCUT2D eigenvalue weighted by Gasteiger charge is 2.26. The molecule has 1 aliphatic heterocycles. The Bertz CT molecular complexity index is 428. The van der Waals surface area contributed by atoms with E-state index in [-0.39, 0.29) is 11.8 Å². The highest BCUT2D eigenvalue weighted by atomic mass is 16.5. The molecular formula is C12H14N2O3. The van der Waals surface area contributed by atoms with Crippen molar-refractivity contribution in [2.24, 2.45) is 0 Å². The third-order valence-corrected chi connectivity index (χ3v) is 2.67. The highest BCUT2D eigenvalue weighted by molar-refractivity contribution is 5.98. The van der Waals surface area contributed by atoms with Crippen LogP contribution in [0.2, 0.25) is 0 Å². The van der Waals surface area contributed by atoms with Gasteiger partial charge in [-0.05, 0) is 30.7 Å². The molecule has 1 fully saturated rings. The fourth-order valence-corrected chi connectivity index (χ4v) is 1.71. The van der Waals surface area contributed by atoms with Crippen molar-refractivity contribution in [3.05, 3.63) is 24.3 Å². The Morgan fingerprint density at radius 1 is 1.41 bits per heavy atom. The summed E-state index contributed by atoms with van der Waals surface area (Å²) in [6.07, 6.45) is 0.974. The van der Waals surface area contributed by atoms with Gasteiger partial charge < -0.3 is 15.4 Å². The van der Waals surface area contributed by atoms with Crippen LogP contribution in [0.4, 0.5) is 5.69 Å². The molecule has 2 rings (SSSR count). The molecule has 0 aromatic heterocycles. The van der Waals surface area contributed by atoms with Gasteiger partial charge in [0.05, 0.1) is 7.11 Å². The topological polar surface area (TPSA) is 67.4 Å². The van der Waals surface area contributed by atoms with Crippen molar-refractivity contribution in [2.75, 3.05) is 12.4 Å². The average Bonchev–Trinajstić information content (AvgIpc) is 2.77. The Hall–Kier alpha value is -2.04. The minimum absolute atomic E-state index is 0.0696. The molecule has 1 heterocycles. The van der Waals surface area contributed by atoms with Gasteiger partial charge in [-0.15, -0.1) is 0 Å². The van der Waals surface area contributed by atoms with Gasteiger partial charge in [-0.3, -0.25) is 9.59 Å². The van der Waals surface area contributed by atoms with Crippen LogP contribution in [0.3, 0.4) is 0 Å². The number of carbonyl (C=O) groups is 2. The summed E-state index contributed by atoms with van der Waals surface area (Å²) in [7, 11) is 1.58. The van der Waals surface area contributed by atoms with E-state index < -0.39 is 6.04 Å². The Balaban J connectivity index is 1.95. The second kappa shape index (κ2) is 4.86. The summed E-state index contributed by atoms with van der Waals surface area (Å²) in [4.78, 5) is 22.7. The van der Waals surface area contributed by atoms with Crippen molar-refractivity contribution >= 4 is 17.5 Å². The van der Waals surface area contributed by atoms with Gasteiger partial charge >= 0.3 is 0 Å². The van der Waals surface area contributed by atoms with Crippen molar-refractivity contribution in [1.82, 2.24) is 5.32 Å². The number of benzene rings is 1. The van der Waals surface area contributed by atoms with E-state index in [0.29, 0.717) is 18.5 Å². The zero-order valence-electron chi connectivity index (χ0n) is 9.53. The SMILES string of the molecule is COc1ccc(NC(=O)[C@H]2CCC(=O)N2)cc1. The quantitative estimate of drug-likeness (QED) is 0.817. The molecule has 1 aromatic rings. The van der Waals surface area contributed by atoms with E-state index in [9.17, 15) is 9.59 Å². The van der Waals surface area contributed by atoms with Crippen molar-refractivity contribution in [3.8, 4) is 5.75 Å². The molecule has 0 radical (unpaired) electrons. The number of hydrogen-bond donors (Lipinski definition) is 2. The molecule has 1 atom stereocenters. The molecular weight excluding hydrogens is 220 g/mol. The van der Waals surface area contributed by atoms with Gasteiger partial charge in [-0.2, -0.15) is 0 Å². The molecule has 1 aliphatic rings. The fraction of sp³-hybridized carbons (Fsp3) is 0.333. The van der Waals surface area contributed by atoms with Gasteiger partial charge in [-0.25, -0.2) is 0 Å². The van der Waals surface area contributed by atoms with Crippen LogP contribution in [0.15, 0.2) is 24.3 Å². The minimum atomic E-state index is -0.412. The molecule has 0 saturated carbocycles. The second-order valence-electron chi connectivity index (χ2n) is 3.88. The van der Waals surface area contributed by atoms with E-state index in [4.69, 9.17) is 4.74 Å². The summed E-state index contributed by atoms with van der Waals surface area (Å²) in [6, 6.07) is 6.64. The lowest BCUT2D eigenvalue weighted by Gasteiger charge is -2.11. The van der Waals surface area contributed by atoms with E-state index in [1.807, 2.05) is 0 Å². The number of ether oxygens (including phenoxy) is 1. The first-order valence-corrected chi connectivity index (χ1v) is 5.43. The van der Waals surface area contributed by atoms with Crippen molar-refractivity contribution in [3.63, 3.8) is 0 Å². The predicted octanol–water partition coefficient (Wildman–Crippen LogP) is 0.912. The summed E-state index contributed by atoms with van der Waals surface area (Å²) < 4.78 is 5.02. The number of amides is 2. The highest BCUT2D eigenvalue weighted by Crippen LogP contribution is 2.16.